The van der Waals surface area contributed by atoms with Crippen LogP contribution >= 0.6 is 0 Å². The highest BCUT2D eigenvalue weighted by Gasteiger charge is 2.28. The van der Waals surface area contributed by atoms with E-state index in [0.29, 0.717) is 35.7 Å². The molecule has 1 saturated heterocycles. The lowest BCUT2D eigenvalue weighted by atomic mass is 10.0. The van der Waals surface area contributed by atoms with Crippen LogP contribution in [0.3, 0.4) is 0 Å². The fourth-order valence-electron chi connectivity index (χ4n) is 4.54. The number of ether oxygens (including phenoxy) is 1. The smallest absolute Gasteiger partial charge is 0.388 e. The summed E-state index contributed by atoms with van der Waals surface area (Å²) in [5, 5.41) is 3.05. The number of piperidine rings is 1. The van der Waals surface area contributed by atoms with Crippen molar-refractivity contribution in [2.45, 2.75) is 45.4 Å². The fraction of sp³-hybridized carbons (Fsp3) is 0.385. The molecule has 4 aromatic heterocycles. The molecule has 4 aromatic rings. The number of hydrogen-bond acceptors (Lipinski definition) is 9. The first-order chi connectivity index (χ1) is 18.7. The van der Waals surface area contributed by atoms with Crippen LogP contribution in [0.15, 0.2) is 43.0 Å². The molecule has 0 aliphatic carbocycles. The zero-order valence-corrected chi connectivity index (χ0v) is 22.0. The van der Waals surface area contributed by atoms with Gasteiger partial charge >= 0.3 is 6.61 Å². The number of alkyl halides is 2. The lowest BCUT2D eigenvalue weighted by Crippen LogP contribution is -2.45. The molecular weight excluding hydrogens is 508 g/mol. The first-order valence-corrected chi connectivity index (χ1v) is 12.5. The Morgan fingerprint density at radius 1 is 1.10 bits per heavy atom. The van der Waals surface area contributed by atoms with Crippen molar-refractivity contribution in [3.8, 4) is 17.3 Å². The third kappa shape index (κ3) is 5.62. The van der Waals surface area contributed by atoms with Gasteiger partial charge in [-0.25, -0.2) is 24.9 Å². The van der Waals surface area contributed by atoms with Gasteiger partial charge in [-0.15, -0.1) is 0 Å². The van der Waals surface area contributed by atoms with Crippen molar-refractivity contribution < 1.29 is 18.3 Å². The highest BCUT2D eigenvalue weighted by Crippen LogP contribution is 2.31. The van der Waals surface area contributed by atoms with Gasteiger partial charge in [-0.2, -0.15) is 8.78 Å². The van der Waals surface area contributed by atoms with Crippen LogP contribution in [-0.2, 0) is 4.79 Å². The quantitative estimate of drug-likeness (QED) is 0.352. The van der Waals surface area contributed by atoms with Crippen molar-refractivity contribution in [3.63, 3.8) is 0 Å². The molecule has 1 fully saturated rings. The van der Waals surface area contributed by atoms with Crippen LogP contribution in [0.25, 0.3) is 22.4 Å². The molecule has 11 nitrogen and oxygen atoms in total. The van der Waals surface area contributed by atoms with E-state index in [1.165, 1.54) is 6.20 Å². The van der Waals surface area contributed by atoms with Gasteiger partial charge in [0.1, 0.15) is 5.82 Å². The van der Waals surface area contributed by atoms with Crippen molar-refractivity contribution in [2.75, 3.05) is 30.9 Å². The van der Waals surface area contributed by atoms with Crippen LogP contribution in [0.5, 0.6) is 5.88 Å². The molecule has 1 atom stereocenters. The fourth-order valence-corrected chi connectivity index (χ4v) is 4.54. The van der Waals surface area contributed by atoms with Gasteiger partial charge in [0.25, 0.3) is 0 Å². The number of nitrogens with one attached hydrogen (secondary N) is 1. The SMILES string of the molecule is CC(C)n1cnc2c(OC(F)F)nc(-c3ccnc(Nc4ccc(N5CCC(N(C)C)CC5=O)cn4)n3)cc21. The van der Waals surface area contributed by atoms with E-state index < -0.39 is 6.61 Å². The van der Waals surface area contributed by atoms with Gasteiger partial charge in [-0.1, -0.05) is 0 Å². The summed E-state index contributed by atoms with van der Waals surface area (Å²) in [6.45, 7) is 1.50. The number of halogens is 2. The van der Waals surface area contributed by atoms with Gasteiger partial charge in [-0.3, -0.25) is 4.79 Å². The first kappa shape index (κ1) is 26.4. The normalized spacial score (nSPS) is 16.1. The predicted molar refractivity (Wildman–Crippen MR) is 142 cm³/mol. The van der Waals surface area contributed by atoms with Crippen LogP contribution in [0, 0.1) is 0 Å². The molecule has 0 aromatic carbocycles. The lowest BCUT2D eigenvalue weighted by molar-refractivity contribution is -0.120. The Labute approximate surface area is 223 Å². The number of amides is 1. The van der Waals surface area contributed by atoms with Gasteiger partial charge in [0.05, 0.1) is 35.1 Å². The molecule has 204 valence electrons. The first-order valence-electron chi connectivity index (χ1n) is 12.5. The second kappa shape index (κ2) is 10.8. The standard InChI is InChI=1S/C26H29F2N9O2/c1-15(2)37-14-31-23-20(37)12-19(32-24(23)39-25(27)28)18-7-9-29-26(33-18)34-21-6-5-17(13-30-21)36-10-8-16(35(3)4)11-22(36)38/h5-7,9,12-16,25H,8,10-11H2,1-4H3,(H,29,30,33,34). The molecule has 39 heavy (non-hydrogen) atoms. The van der Waals surface area contributed by atoms with E-state index in [-0.39, 0.29) is 35.3 Å². The highest BCUT2D eigenvalue weighted by atomic mass is 19.3. The number of imidazole rings is 1. The monoisotopic (exact) mass is 537 g/mol. The second-order valence-electron chi connectivity index (χ2n) is 9.75. The number of anilines is 3. The summed E-state index contributed by atoms with van der Waals surface area (Å²) < 4.78 is 32.7. The molecule has 5 rings (SSSR count). The maximum atomic E-state index is 13.1. The largest absolute Gasteiger partial charge is 0.414 e. The summed E-state index contributed by atoms with van der Waals surface area (Å²) in [5.41, 5.74) is 2.29. The number of fused-ring (bicyclic) bond motifs is 1. The molecule has 0 saturated carbocycles. The van der Waals surface area contributed by atoms with Crippen LogP contribution in [-0.4, -0.2) is 73.6 Å². The molecule has 5 heterocycles. The Balaban J connectivity index is 1.37. The highest BCUT2D eigenvalue weighted by molar-refractivity contribution is 5.94. The summed E-state index contributed by atoms with van der Waals surface area (Å²) in [5.74, 6) is 0.518. The number of rotatable bonds is 8. The Hall–Kier alpha value is -4.26. The maximum absolute atomic E-state index is 13.1. The van der Waals surface area contributed by atoms with E-state index in [0.717, 1.165) is 12.1 Å². The van der Waals surface area contributed by atoms with E-state index in [9.17, 15) is 13.6 Å². The molecule has 1 aliphatic rings. The minimum Gasteiger partial charge on any atom is -0.414 e. The van der Waals surface area contributed by atoms with Crippen LogP contribution in [0.4, 0.5) is 26.2 Å². The zero-order valence-electron chi connectivity index (χ0n) is 22.0. The number of hydrogen-bond donors (Lipinski definition) is 1. The van der Waals surface area contributed by atoms with Crippen molar-refractivity contribution in [1.82, 2.24) is 34.4 Å². The summed E-state index contributed by atoms with van der Waals surface area (Å²) in [6.07, 6.45) is 6.10. The number of carbonyl (C=O) groups excluding carboxylic acids is 1. The van der Waals surface area contributed by atoms with Crippen LogP contribution in [0.1, 0.15) is 32.7 Å². The van der Waals surface area contributed by atoms with E-state index >= 15 is 0 Å². The Bertz CT molecular complexity index is 1470. The van der Waals surface area contributed by atoms with Crippen molar-refractivity contribution in [3.05, 3.63) is 43.0 Å². The molecule has 13 heteroatoms. The van der Waals surface area contributed by atoms with Gasteiger partial charge in [-0.05, 0) is 58.6 Å². The van der Waals surface area contributed by atoms with E-state index in [4.69, 9.17) is 0 Å². The van der Waals surface area contributed by atoms with Gasteiger partial charge in [0.15, 0.2) is 5.52 Å². The van der Waals surface area contributed by atoms with E-state index in [1.54, 1.807) is 35.6 Å². The number of nitrogens with zero attached hydrogens (tertiary/aromatic N) is 8. The van der Waals surface area contributed by atoms with Crippen molar-refractivity contribution in [2.24, 2.45) is 0 Å². The van der Waals surface area contributed by atoms with Gasteiger partial charge in [0, 0.05) is 31.2 Å². The third-order valence-corrected chi connectivity index (χ3v) is 6.63. The van der Waals surface area contributed by atoms with Gasteiger partial charge in [0.2, 0.25) is 17.7 Å². The van der Waals surface area contributed by atoms with Crippen molar-refractivity contribution in [1.29, 1.82) is 0 Å². The average molecular weight is 538 g/mol. The molecular formula is C26H29F2N9O2. The van der Waals surface area contributed by atoms with E-state index in [2.05, 4.69) is 39.9 Å². The summed E-state index contributed by atoms with van der Waals surface area (Å²) in [7, 11) is 3.97. The molecule has 0 spiro atoms. The minimum atomic E-state index is -3.05. The molecule has 1 amide bonds. The van der Waals surface area contributed by atoms with Gasteiger partial charge < -0.3 is 24.4 Å². The molecule has 1 unspecified atom stereocenters. The third-order valence-electron chi connectivity index (χ3n) is 6.63. The van der Waals surface area contributed by atoms with E-state index in [1.807, 2.05) is 38.6 Å². The van der Waals surface area contributed by atoms with Crippen LogP contribution in [0.2, 0.25) is 0 Å². The number of pyridine rings is 2. The second-order valence-corrected chi connectivity index (χ2v) is 9.75. The Kier molecular flexibility index (Phi) is 7.33. The summed E-state index contributed by atoms with van der Waals surface area (Å²) in [4.78, 5) is 38.1. The topological polar surface area (TPSA) is 114 Å². The Morgan fingerprint density at radius 3 is 2.59 bits per heavy atom. The minimum absolute atomic E-state index is 0.0379. The van der Waals surface area contributed by atoms with Crippen molar-refractivity contribution >= 4 is 34.4 Å². The molecule has 0 bridgehead atoms. The Morgan fingerprint density at radius 2 is 1.92 bits per heavy atom. The lowest BCUT2D eigenvalue weighted by Gasteiger charge is -2.34. The maximum Gasteiger partial charge on any atom is 0.388 e. The average Bonchev–Trinajstić information content (AvgIpc) is 3.34. The summed E-state index contributed by atoms with van der Waals surface area (Å²) >= 11 is 0. The summed E-state index contributed by atoms with van der Waals surface area (Å²) in [6, 6.07) is 7.21. The van der Waals surface area contributed by atoms with Crippen LogP contribution < -0.4 is 15.0 Å². The molecule has 1 aliphatic heterocycles. The molecule has 0 radical (unpaired) electrons. The predicted octanol–water partition coefficient (Wildman–Crippen LogP) is 4.27. The zero-order chi connectivity index (χ0) is 27.7. The molecule has 1 N–H and O–H groups in total. The number of aromatic nitrogens is 6. The number of carbonyl (C=O) groups is 1.